The predicted molar refractivity (Wildman–Crippen MR) is 137 cm³/mol. The van der Waals surface area contributed by atoms with Crippen molar-refractivity contribution >= 4 is 45.6 Å². The van der Waals surface area contributed by atoms with Gasteiger partial charge in [-0.15, -0.1) is 0 Å². The van der Waals surface area contributed by atoms with E-state index in [1.54, 1.807) is 24.3 Å². The normalized spacial score (nSPS) is 16.1. The topological polar surface area (TPSA) is 65.1 Å². The second kappa shape index (κ2) is 10.2. The second-order valence-electron chi connectivity index (χ2n) is 8.63. The molecule has 1 saturated heterocycles. The van der Waals surface area contributed by atoms with Crippen molar-refractivity contribution in [2.75, 3.05) is 44.6 Å². The maximum absolute atomic E-state index is 13.1. The third-order valence-electron chi connectivity index (χ3n) is 6.49. The van der Waals surface area contributed by atoms with Gasteiger partial charge in [-0.1, -0.05) is 24.3 Å². The molecule has 3 aromatic rings. The van der Waals surface area contributed by atoms with Gasteiger partial charge < -0.3 is 15.0 Å². The number of carbonyl (C=O) groups excluding carboxylic acids is 2. The maximum atomic E-state index is 13.1. The minimum atomic E-state index is -2.86. The number of hydrogen-bond acceptors (Lipinski definition) is 5. The Kier molecular flexibility index (Phi) is 6.80. The first kappa shape index (κ1) is 24.1. The molecule has 1 fully saturated rings. The van der Waals surface area contributed by atoms with Gasteiger partial charge in [0.15, 0.2) is 5.11 Å². The molecule has 2 heterocycles. The zero-order chi connectivity index (χ0) is 25.2. The Hall–Kier alpha value is -3.63. The van der Waals surface area contributed by atoms with Crippen LogP contribution in [-0.2, 0) is 0 Å². The molecule has 36 heavy (non-hydrogen) atoms. The number of halogens is 2. The van der Waals surface area contributed by atoms with Crippen LogP contribution in [0.1, 0.15) is 20.7 Å². The van der Waals surface area contributed by atoms with Crippen molar-refractivity contribution in [3.63, 3.8) is 0 Å². The van der Waals surface area contributed by atoms with E-state index in [4.69, 9.17) is 12.2 Å². The van der Waals surface area contributed by atoms with Gasteiger partial charge in [0.2, 0.25) is 0 Å². The van der Waals surface area contributed by atoms with Gasteiger partial charge in [-0.05, 0) is 54.0 Å². The summed E-state index contributed by atoms with van der Waals surface area (Å²) >= 11 is 5.51. The number of imide groups is 1. The lowest BCUT2D eigenvalue weighted by molar-refractivity contribution is -0.0498. The first-order valence-corrected chi connectivity index (χ1v) is 12.0. The number of rotatable bonds is 6. The molecule has 2 aliphatic rings. The van der Waals surface area contributed by atoms with Crippen molar-refractivity contribution in [1.29, 1.82) is 0 Å². The molecular weight excluding hydrogens is 486 g/mol. The molecule has 2 aliphatic heterocycles. The van der Waals surface area contributed by atoms with Crippen molar-refractivity contribution in [3.05, 3.63) is 71.8 Å². The fourth-order valence-corrected chi connectivity index (χ4v) is 4.92. The first-order chi connectivity index (χ1) is 17.4. The largest absolute Gasteiger partial charge is 0.435 e. The van der Waals surface area contributed by atoms with E-state index in [0.717, 1.165) is 23.9 Å². The van der Waals surface area contributed by atoms with Crippen molar-refractivity contribution in [2.24, 2.45) is 0 Å². The molecule has 0 unspecified atom stereocenters. The third kappa shape index (κ3) is 4.87. The average molecular weight is 511 g/mol. The molecule has 2 amide bonds. The number of ether oxygens (including phenoxy) is 1. The van der Waals surface area contributed by atoms with Gasteiger partial charge in [-0.2, -0.15) is 8.78 Å². The molecule has 7 nitrogen and oxygen atoms in total. The molecule has 10 heteroatoms. The van der Waals surface area contributed by atoms with Gasteiger partial charge in [0.1, 0.15) is 5.75 Å². The molecule has 0 saturated carbocycles. The van der Waals surface area contributed by atoms with Crippen LogP contribution in [0.15, 0.2) is 60.7 Å². The SMILES string of the molecule is O=C1c2cccc3cccc(c23)C(=O)N1CCN1CCN(C(=S)Nc2ccc(OC(F)F)cc2)CC1. The van der Waals surface area contributed by atoms with E-state index in [9.17, 15) is 18.4 Å². The molecular formula is C26H24F2N4O3S. The first-order valence-electron chi connectivity index (χ1n) is 11.6. The molecule has 0 bridgehead atoms. The van der Waals surface area contributed by atoms with Gasteiger partial charge in [0.05, 0.1) is 0 Å². The number of anilines is 1. The maximum Gasteiger partial charge on any atom is 0.387 e. The van der Waals surface area contributed by atoms with Crippen LogP contribution in [0.2, 0.25) is 0 Å². The third-order valence-corrected chi connectivity index (χ3v) is 6.85. The number of alkyl halides is 2. The number of carbonyl (C=O) groups is 2. The summed E-state index contributed by atoms with van der Waals surface area (Å²) < 4.78 is 29.0. The Labute approximate surface area is 212 Å². The quantitative estimate of drug-likeness (QED) is 0.397. The standard InChI is InChI=1S/C26H24F2N4O3S/c27-25(28)35-19-9-7-18(8-10-19)29-26(36)31-14-11-30(12-15-31)13-16-32-23(33)20-5-1-3-17-4-2-6-21(22(17)20)24(32)34/h1-10,25H,11-16H2,(H,29,36). The van der Waals surface area contributed by atoms with Crippen molar-refractivity contribution in [3.8, 4) is 5.75 Å². The number of hydrogen-bond donors (Lipinski definition) is 1. The highest BCUT2D eigenvalue weighted by atomic mass is 32.1. The second-order valence-corrected chi connectivity index (χ2v) is 9.02. The van der Waals surface area contributed by atoms with E-state index in [1.807, 2.05) is 29.2 Å². The minimum Gasteiger partial charge on any atom is -0.435 e. The fourth-order valence-electron chi connectivity index (χ4n) is 4.62. The molecule has 0 radical (unpaired) electrons. The minimum absolute atomic E-state index is 0.0842. The summed E-state index contributed by atoms with van der Waals surface area (Å²) in [5, 5.41) is 5.29. The molecule has 0 spiro atoms. The van der Waals surface area contributed by atoms with E-state index in [1.165, 1.54) is 17.0 Å². The van der Waals surface area contributed by atoms with Crippen LogP contribution >= 0.6 is 12.2 Å². The summed E-state index contributed by atoms with van der Waals surface area (Å²) in [4.78, 5) is 31.7. The molecule has 3 aromatic carbocycles. The zero-order valence-electron chi connectivity index (χ0n) is 19.3. The summed E-state index contributed by atoms with van der Waals surface area (Å²) in [6.45, 7) is 0.854. The summed E-state index contributed by atoms with van der Waals surface area (Å²) in [6, 6.07) is 17.2. The smallest absolute Gasteiger partial charge is 0.387 e. The average Bonchev–Trinajstić information content (AvgIpc) is 2.88. The Morgan fingerprint density at radius 2 is 1.50 bits per heavy atom. The van der Waals surface area contributed by atoms with Gasteiger partial charge in [-0.3, -0.25) is 19.4 Å². The van der Waals surface area contributed by atoms with Crippen LogP contribution in [-0.4, -0.2) is 77.5 Å². The van der Waals surface area contributed by atoms with Crippen LogP contribution < -0.4 is 10.1 Å². The van der Waals surface area contributed by atoms with Crippen LogP contribution in [0.3, 0.4) is 0 Å². The Bertz CT molecular complexity index is 1260. The number of nitrogens with one attached hydrogen (secondary N) is 1. The number of thiocarbonyl (C=S) groups is 1. The van der Waals surface area contributed by atoms with E-state index in [-0.39, 0.29) is 17.6 Å². The molecule has 1 N–H and O–H groups in total. The van der Waals surface area contributed by atoms with Crippen molar-refractivity contribution in [2.45, 2.75) is 6.61 Å². The zero-order valence-corrected chi connectivity index (χ0v) is 20.1. The van der Waals surface area contributed by atoms with E-state index < -0.39 is 6.61 Å². The molecule has 0 aromatic heterocycles. The highest BCUT2D eigenvalue weighted by Crippen LogP contribution is 2.29. The van der Waals surface area contributed by atoms with Gasteiger partial charge in [0, 0.05) is 61.5 Å². The van der Waals surface area contributed by atoms with Crippen molar-refractivity contribution < 1.29 is 23.1 Å². The fraction of sp³-hybridized carbons (Fsp3) is 0.269. The van der Waals surface area contributed by atoms with Crippen LogP contribution in [0.25, 0.3) is 10.8 Å². The summed E-state index contributed by atoms with van der Waals surface area (Å²) in [6.07, 6.45) is 0. The molecule has 5 rings (SSSR count). The Balaban J connectivity index is 1.13. The summed E-state index contributed by atoms with van der Waals surface area (Å²) in [7, 11) is 0. The van der Waals surface area contributed by atoms with Crippen LogP contribution in [0.5, 0.6) is 5.75 Å². The molecule has 186 valence electrons. The van der Waals surface area contributed by atoms with Crippen molar-refractivity contribution in [1.82, 2.24) is 14.7 Å². The Morgan fingerprint density at radius 3 is 2.08 bits per heavy atom. The predicted octanol–water partition coefficient (Wildman–Crippen LogP) is 4.05. The lowest BCUT2D eigenvalue weighted by atomic mass is 9.94. The Morgan fingerprint density at radius 1 is 0.889 bits per heavy atom. The molecule has 0 aliphatic carbocycles. The summed E-state index contributed by atoms with van der Waals surface area (Å²) in [5.41, 5.74) is 1.82. The highest BCUT2D eigenvalue weighted by Gasteiger charge is 2.33. The van der Waals surface area contributed by atoms with Crippen LogP contribution in [0.4, 0.5) is 14.5 Å². The number of amides is 2. The van der Waals surface area contributed by atoms with Gasteiger partial charge >= 0.3 is 6.61 Å². The van der Waals surface area contributed by atoms with Crippen LogP contribution in [0, 0.1) is 0 Å². The van der Waals surface area contributed by atoms with E-state index in [2.05, 4.69) is 15.0 Å². The number of piperazine rings is 1. The number of benzene rings is 3. The monoisotopic (exact) mass is 510 g/mol. The highest BCUT2D eigenvalue weighted by molar-refractivity contribution is 7.80. The van der Waals surface area contributed by atoms with Gasteiger partial charge in [0.25, 0.3) is 11.8 Å². The van der Waals surface area contributed by atoms with E-state index in [0.29, 0.717) is 48.1 Å². The lowest BCUT2D eigenvalue weighted by Gasteiger charge is -2.37. The lowest BCUT2D eigenvalue weighted by Crippen LogP contribution is -2.52. The molecule has 0 atom stereocenters. The van der Waals surface area contributed by atoms with Gasteiger partial charge in [-0.25, -0.2) is 0 Å². The number of nitrogens with zero attached hydrogens (tertiary/aromatic N) is 3. The summed E-state index contributed by atoms with van der Waals surface area (Å²) in [5.74, 6) is -0.419. The van der Waals surface area contributed by atoms with E-state index >= 15 is 0 Å².